The molecule has 1 aromatic rings. The fraction of sp³-hybridized carbons (Fsp3) is 0.333. The molecule has 0 aliphatic rings. The molecule has 0 aliphatic heterocycles. The second kappa shape index (κ2) is 4.39. The molecular formula is C9H11F3N2O. The standard InChI is InChI=1S/C9H11F3N2O/c10-9(11,12)15-4-3-6-1-2-7(13)8(14)5-6/h1-2,5H,3-4,13-14H2. The van der Waals surface area contributed by atoms with Gasteiger partial charge >= 0.3 is 6.36 Å². The van der Waals surface area contributed by atoms with Crippen molar-refractivity contribution in [3.05, 3.63) is 23.8 Å². The fourth-order valence-electron chi connectivity index (χ4n) is 1.06. The number of hydrogen-bond donors (Lipinski definition) is 2. The summed E-state index contributed by atoms with van der Waals surface area (Å²) in [6.07, 6.45) is -4.44. The fourth-order valence-corrected chi connectivity index (χ4v) is 1.06. The highest BCUT2D eigenvalue weighted by Gasteiger charge is 2.28. The predicted molar refractivity (Wildman–Crippen MR) is 51.0 cm³/mol. The molecule has 84 valence electrons. The van der Waals surface area contributed by atoms with Crippen molar-refractivity contribution in [2.75, 3.05) is 18.1 Å². The molecule has 0 saturated carbocycles. The van der Waals surface area contributed by atoms with Crippen LogP contribution in [0, 0.1) is 0 Å². The van der Waals surface area contributed by atoms with Gasteiger partial charge in [0.05, 0.1) is 18.0 Å². The van der Waals surface area contributed by atoms with Crippen LogP contribution in [0.15, 0.2) is 18.2 Å². The van der Waals surface area contributed by atoms with Gasteiger partial charge in [-0.25, -0.2) is 0 Å². The number of hydrogen-bond acceptors (Lipinski definition) is 3. The van der Waals surface area contributed by atoms with Gasteiger partial charge in [0.15, 0.2) is 0 Å². The highest BCUT2D eigenvalue weighted by molar-refractivity contribution is 5.63. The molecule has 0 aromatic heterocycles. The van der Waals surface area contributed by atoms with Crippen LogP contribution in [0.5, 0.6) is 0 Å². The summed E-state index contributed by atoms with van der Waals surface area (Å²) in [7, 11) is 0. The first-order chi connectivity index (χ1) is 6.88. The Balaban J connectivity index is 2.48. The van der Waals surface area contributed by atoms with Gasteiger partial charge in [-0.15, -0.1) is 13.2 Å². The van der Waals surface area contributed by atoms with E-state index < -0.39 is 13.0 Å². The van der Waals surface area contributed by atoms with E-state index in [9.17, 15) is 13.2 Å². The van der Waals surface area contributed by atoms with Crippen LogP contribution in [-0.4, -0.2) is 13.0 Å². The smallest absolute Gasteiger partial charge is 0.397 e. The zero-order valence-electron chi connectivity index (χ0n) is 7.84. The first-order valence-electron chi connectivity index (χ1n) is 4.23. The number of alkyl halides is 3. The van der Waals surface area contributed by atoms with Gasteiger partial charge in [-0.1, -0.05) is 6.07 Å². The Hall–Kier alpha value is -1.43. The van der Waals surface area contributed by atoms with Gasteiger partial charge in [-0.3, -0.25) is 4.74 Å². The molecule has 6 heteroatoms. The maximum absolute atomic E-state index is 11.6. The highest BCUT2D eigenvalue weighted by atomic mass is 19.4. The number of halogens is 3. The third-order valence-electron chi connectivity index (χ3n) is 1.81. The van der Waals surface area contributed by atoms with Crippen molar-refractivity contribution in [3.8, 4) is 0 Å². The molecule has 15 heavy (non-hydrogen) atoms. The molecule has 0 bridgehead atoms. The van der Waals surface area contributed by atoms with Crippen LogP contribution in [0.25, 0.3) is 0 Å². The van der Waals surface area contributed by atoms with Crippen LogP contribution in [-0.2, 0) is 11.2 Å². The van der Waals surface area contributed by atoms with Crippen LogP contribution in [0.4, 0.5) is 24.5 Å². The predicted octanol–water partition coefficient (Wildman–Crippen LogP) is 1.93. The van der Waals surface area contributed by atoms with Crippen molar-refractivity contribution >= 4 is 11.4 Å². The number of anilines is 2. The molecule has 1 rings (SSSR count). The zero-order valence-corrected chi connectivity index (χ0v) is 7.84. The second-order valence-electron chi connectivity index (χ2n) is 3.01. The van der Waals surface area contributed by atoms with Gasteiger partial charge in [0, 0.05) is 0 Å². The monoisotopic (exact) mass is 220 g/mol. The van der Waals surface area contributed by atoms with E-state index in [0.717, 1.165) is 0 Å². The highest BCUT2D eigenvalue weighted by Crippen LogP contribution is 2.19. The average molecular weight is 220 g/mol. The number of nitrogen functional groups attached to an aromatic ring is 2. The lowest BCUT2D eigenvalue weighted by molar-refractivity contribution is -0.324. The molecular weight excluding hydrogens is 209 g/mol. The van der Waals surface area contributed by atoms with Crippen LogP contribution < -0.4 is 11.5 Å². The van der Waals surface area contributed by atoms with Crippen molar-refractivity contribution in [3.63, 3.8) is 0 Å². The minimum Gasteiger partial charge on any atom is -0.397 e. The van der Waals surface area contributed by atoms with Gasteiger partial charge in [0.2, 0.25) is 0 Å². The van der Waals surface area contributed by atoms with Crippen molar-refractivity contribution < 1.29 is 17.9 Å². The average Bonchev–Trinajstić information content (AvgIpc) is 2.09. The zero-order chi connectivity index (χ0) is 11.5. The summed E-state index contributed by atoms with van der Waals surface area (Å²) >= 11 is 0. The van der Waals surface area contributed by atoms with Crippen LogP contribution in [0.3, 0.4) is 0 Å². The summed E-state index contributed by atoms with van der Waals surface area (Å²) in [5.41, 5.74) is 12.4. The van der Waals surface area contributed by atoms with Crippen LogP contribution >= 0.6 is 0 Å². The molecule has 0 radical (unpaired) electrons. The molecule has 4 N–H and O–H groups in total. The van der Waals surface area contributed by atoms with Crippen molar-refractivity contribution in [2.24, 2.45) is 0 Å². The van der Waals surface area contributed by atoms with E-state index in [4.69, 9.17) is 11.5 Å². The molecule has 0 heterocycles. The number of benzene rings is 1. The van der Waals surface area contributed by atoms with E-state index in [0.29, 0.717) is 16.9 Å². The molecule has 0 spiro atoms. The lowest BCUT2D eigenvalue weighted by Crippen LogP contribution is -2.15. The molecule has 0 saturated heterocycles. The number of rotatable bonds is 3. The quantitative estimate of drug-likeness (QED) is 0.765. The van der Waals surface area contributed by atoms with E-state index in [1.54, 1.807) is 12.1 Å². The summed E-state index contributed by atoms with van der Waals surface area (Å²) in [5.74, 6) is 0. The Morgan fingerprint density at radius 3 is 2.33 bits per heavy atom. The van der Waals surface area contributed by atoms with E-state index in [-0.39, 0.29) is 6.42 Å². The second-order valence-corrected chi connectivity index (χ2v) is 3.01. The van der Waals surface area contributed by atoms with Crippen molar-refractivity contribution in [1.82, 2.24) is 0 Å². The molecule has 3 nitrogen and oxygen atoms in total. The van der Waals surface area contributed by atoms with Crippen LogP contribution in [0.2, 0.25) is 0 Å². The largest absolute Gasteiger partial charge is 0.522 e. The Morgan fingerprint density at radius 2 is 1.80 bits per heavy atom. The van der Waals surface area contributed by atoms with E-state index >= 15 is 0 Å². The maximum Gasteiger partial charge on any atom is 0.522 e. The topological polar surface area (TPSA) is 61.3 Å². The minimum atomic E-state index is -4.58. The lowest BCUT2D eigenvalue weighted by Gasteiger charge is -2.08. The number of nitrogens with two attached hydrogens (primary N) is 2. The van der Waals surface area contributed by atoms with Gasteiger partial charge in [0.1, 0.15) is 0 Å². The molecule has 1 aromatic carbocycles. The van der Waals surface area contributed by atoms with Crippen molar-refractivity contribution in [2.45, 2.75) is 12.8 Å². The summed E-state index contributed by atoms with van der Waals surface area (Å²) in [4.78, 5) is 0. The molecule has 0 aliphatic carbocycles. The van der Waals surface area contributed by atoms with E-state index in [1.807, 2.05) is 0 Å². The van der Waals surface area contributed by atoms with Crippen LogP contribution in [0.1, 0.15) is 5.56 Å². The Kier molecular flexibility index (Phi) is 3.41. The SMILES string of the molecule is Nc1ccc(CCOC(F)(F)F)cc1N. The molecule has 0 fully saturated rings. The number of ether oxygens (including phenoxy) is 1. The summed E-state index contributed by atoms with van der Waals surface area (Å²) in [6, 6.07) is 4.71. The van der Waals surface area contributed by atoms with E-state index in [2.05, 4.69) is 4.74 Å². The summed E-state index contributed by atoms with van der Waals surface area (Å²) in [5, 5.41) is 0. The molecule has 0 atom stereocenters. The summed E-state index contributed by atoms with van der Waals surface area (Å²) < 4.78 is 38.5. The Bertz CT molecular complexity index is 339. The third-order valence-corrected chi connectivity index (χ3v) is 1.81. The first-order valence-corrected chi connectivity index (χ1v) is 4.23. The van der Waals surface area contributed by atoms with Gasteiger partial charge in [-0.05, 0) is 24.1 Å². The maximum atomic E-state index is 11.6. The van der Waals surface area contributed by atoms with Gasteiger partial charge in [-0.2, -0.15) is 0 Å². The lowest BCUT2D eigenvalue weighted by atomic mass is 10.1. The Labute approximate surface area is 84.8 Å². The summed E-state index contributed by atoms with van der Waals surface area (Å²) in [6.45, 7) is -0.424. The van der Waals surface area contributed by atoms with Gasteiger partial charge in [0.25, 0.3) is 0 Å². The van der Waals surface area contributed by atoms with Crippen molar-refractivity contribution in [1.29, 1.82) is 0 Å². The first kappa shape index (κ1) is 11.6. The minimum absolute atomic E-state index is 0.143. The Morgan fingerprint density at radius 1 is 1.13 bits per heavy atom. The van der Waals surface area contributed by atoms with Gasteiger partial charge < -0.3 is 11.5 Å². The normalized spacial score (nSPS) is 11.7. The third kappa shape index (κ3) is 4.07. The molecule has 0 unspecified atom stereocenters. The molecule has 0 amide bonds. The van der Waals surface area contributed by atoms with E-state index in [1.165, 1.54) is 6.07 Å².